The largest absolute Gasteiger partial charge is 0.455 e. The van der Waals surface area contributed by atoms with Crippen LogP contribution in [0.4, 0.5) is 0 Å². The van der Waals surface area contributed by atoms with Gasteiger partial charge in [0.05, 0.1) is 6.54 Å². The lowest BCUT2D eigenvalue weighted by Gasteiger charge is -2.20. The second kappa shape index (κ2) is 7.42. The number of rotatable bonds is 4. The van der Waals surface area contributed by atoms with Gasteiger partial charge in [0.2, 0.25) is 0 Å². The van der Waals surface area contributed by atoms with Gasteiger partial charge in [0.15, 0.2) is 5.71 Å². The van der Waals surface area contributed by atoms with Gasteiger partial charge in [-0.2, -0.15) is 0 Å². The van der Waals surface area contributed by atoms with Crippen molar-refractivity contribution in [1.29, 1.82) is 0 Å². The van der Waals surface area contributed by atoms with Crippen molar-refractivity contribution in [2.24, 2.45) is 4.99 Å². The topological polar surface area (TPSA) is 38.7 Å². The molecule has 4 heteroatoms. The summed E-state index contributed by atoms with van der Waals surface area (Å²) in [5, 5.41) is 0.611. The second-order valence-corrected chi connectivity index (χ2v) is 6.60. The molecule has 0 aliphatic carbocycles. The minimum Gasteiger partial charge on any atom is -0.455 e. The molecule has 3 nitrogen and oxygen atoms in total. The van der Waals surface area contributed by atoms with Gasteiger partial charge < -0.3 is 4.74 Å². The number of hydrogen-bond acceptors (Lipinski definition) is 3. The molecule has 0 aliphatic rings. The summed E-state index contributed by atoms with van der Waals surface area (Å²) >= 11 is 5.92. The SMILES string of the molecule is CC(C)(C)OC(=O)C(=NCc1ccccc1)c1ccc(Cl)cc1. The first kappa shape index (κ1) is 17.2. The summed E-state index contributed by atoms with van der Waals surface area (Å²) in [4.78, 5) is 17.0. The molecule has 0 saturated heterocycles. The number of esters is 1. The van der Waals surface area contributed by atoms with Crippen molar-refractivity contribution in [3.63, 3.8) is 0 Å². The van der Waals surface area contributed by atoms with E-state index in [2.05, 4.69) is 4.99 Å². The fraction of sp³-hybridized carbons (Fsp3) is 0.263. The fourth-order valence-electron chi connectivity index (χ4n) is 1.96. The molecule has 0 radical (unpaired) electrons. The normalized spacial score (nSPS) is 12.1. The number of carbonyl (C=O) groups excluding carboxylic acids is 1. The van der Waals surface area contributed by atoms with Crippen LogP contribution >= 0.6 is 11.6 Å². The minimum atomic E-state index is -0.572. The summed E-state index contributed by atoms with van der Waals surface area (Å²) in [6.45, 7) is 5.92. The van der Waals surface area contributed by atoms with Gasteiger partial charge in [-0.15, -0.1) is 0 Å². The summed E-state index contributed by atoms with van der Waals surface area (Å²) in [5.41, 5.74) is 1.46. The first-order valence-corrected chi connectivity index (χ1v) is 7.80. The molecular weight excluding hydrogens is 310 g/mol. The van der Waals surface area contributed by atoms with Gasteiger partial charge in [0.25, 0.3) is 0 Å². The van der Waals surface area contributed by atoms with Gasteiger partial charge in [-0.3, -0.25) is 4.99 Å². The molecule has 0 aromatic heterocycles. The highest BCUT2D eigenvalue weighted by atomic mass is 35.5. The van der Waals surface area contributed by atoms with E-state index in [1.165, 1.54) is 0 Å². The molecule has 2 aromatic rings. The summed E-state index contributed by atoms with van der Waals surface area (Å²) in [6.07, 6.45) is 0. The molecule has 23 heavy (non-hydrogen) atoms. The zero-order valence-corrected chi connectivity index (χ0v) is 14.3. The highest BCUT2D eigenvalue weighted by molar-refractivity contribution is 6.43. The predicted octanol–water partition coefficient (Wildman–Crippen LogP) is 4.67. The maximum absolute atomic E-state index is 12.5. The van der Waals surface area contributed by atoms with Crippen molar-refractivity contribution in [1.82, 2.24) is 0 Å². The van der Waals surface area contributed by atoms with Gasteiger partial charge in [0, 0.05) is 10.6 Å². The summed E-state index contributed by atoms with van der Waals surface area (Å²) in [7, 11) is 0. The summed E-state index contributed by atoms with van der Waals surface area (Å²) in [6, 6.07) is 16.8. The third-order valence-electron chi connectivity index (χ3n) is 2.97. The van der Waals surface area contributed by atoms with Crippen molar-refractivity contribution in [2.75, 3.05) is 0 Å². The third-order valence-corrected chi connectivity index (χ3v) is 3.22. The van der Waals surface area contributed by atoms with Crippen LogP contribution in [-0.4, -0.2) is 17.3 Å². The van der Waals surface area contributed by atoms with E-state index in [0.717, 1.165) is 5.56 Å². The summed E-state index contributed by atoms with van der Waals surface area (Å²) < 4.78 is 5.47. The molecule has 0 N–H and O–H groups in total. The van der Waals surface area contributed by atoms with Crippen LogP contribution in [0.3, 0.4) is 0 Å². The van der Waals surface area contributed by atoms with Crippen LogP contribution in [0.1, 0.15) is 31.9 Å². The van der Waals surface area contributed by atoms with Crippen molar-refractivity contribution < 1.29 is 9.53 Å². The van der Waals surface area contributed by atoms with Crippen LogP contribution in [0.25, 0.3) is 0 Å². The number of hydrogen-bond donors (Lipinski definition) is 0. The smallest absolute Gasteiger partial charge is 0.357 e. The fourth-order valence-corrected chi connectivity index (χ4v) is 2.09. The molecule has 0 unspecified atom stereocenters. The lowest BCUT2D eigenvalue weighted by molar-refractivity contribution is -0.146. The van der Waals surface area contributed by atoms with Crippen molar-refractivity contribution >= 4 is 23.3 Å². The van der Waals surface area contributed by atoms with Crippen LogP contribution in [0.15, 0.2) is 59.6 Å². The first-order valence-electron chi connectivity index (χ1n) is 7.43. The maximum Gasteiger partial charge on any atom is 0.357 e. The average molecular weight is 330 g/mol. The molecule has 120 valence electrons. The Hall–Kier alpha value is -2.13. The van der Waals surface area contributed by atoms with Crippen LogP contribution in [0, 0.1) is 0 Å². The Morgan fingerprint density at radius 1 is 1.04 bits per heavy atom. The van der Waals surface area contributed by atoms with Crippen molar-refractivity contribution in [3.05, 3.63) is 70.7 Å². The molecule has 0 atom stereocenters. The molecule has 0 amide bonds. The molecule has 0 bridgehead atoms. The number of halogens is 1. The van der Waals surface area contributed by atoms with Crippen LogP contribution < -0.4 is 0 Å². The Balaban J connectivity index is 2.30. The minimum absolute atomic E-state index is 0.306. The molecular formula is C19H20ClNO2. The molecule has 2 rings (SSSR count). The highest BCUT2D eigenvalue weighted by Crippen LogP contribution is 2.15. The monoisotopic (exact) mass is 329 g/mol. The van der Waals surface area contributed by atoms with E-state index < -0.39 is 11.6 Å². The number of nitrogens with zero attached hydrogens (tertiary/aromatic N) is 1. The van der Waals surface area contributed by atoms with Gasteiger partial charge in [-0.1, -0.05) is 54.1 Å². The van der Waals surface area contributed by atoms with Crippen LogP contribution in [0.5, 0.6) is 0 Å². The standard InChI is InChI=1S/C19H20ClNO2/c1-19(2,3)23-18(22)17(15-9-11-16(20)12-10-15)21-13-14-7-5-4-6-8-14/h4-12H,13H2,1-3H3. The number of aliphatic imine (C=N–C) groups is 1. The molecule has 0 fully saturated rings. The highest BCUT2D eigenvalue weighted by Gasteiger charge is 2.22. The predicted molar refractivity (Wildman–Crippen MR) is 94.0 cm³/mol. The Kier molecular flexibility index (Phi) is 5.56. The van der Waals surface area contributed by atoms with E-state index in [9.17, 15) is 4.79 Å². The maximum atomic E-state index is 12.5. The molecule has 0 saturated carbocycles. The van der Waals surface area contributed by atoms with E-state index in [4.69, 9.17) is 16.3 Å². The van der Waals surface area contributed by atoms with Crippen molar-refractivity contribution in [2.45, 2.75) is 32.9 Å². The lowest BCUT2D eigenvalue weighted by Crippen LogP contribution is -2.29. The van der Waals surface area contributed by atoms with E-state index in [1.807, 2.05) is 51.1 Å². The molecule has 2 aromatic carbocycles. The van der Waals surface area contributed by atoms with Crippen molar-refractivity contribution in [3.8, 4) is 0 Å². The average Bonchev–Trinajstić information content (AvgIpc) is 2.48. The lowest BCUT2D eigenvalue weighted by atomic mass is 10.1. The Bertz CT molecular complexity index is 686. The van der Waals surface area contributed by atoms with Gasteiger partial charge >= 0.3 is 5.97 Å². The van der Waals surface area contributed by atoms with Gasteiger partial charge in [-0.25, -0.2) is 4.79 Å². The molecule has 0 aliphatic heterocycles. The van der Waals surface area contributed by atoms with E-state index in [-0.39, 0.29) is 0 Å². The van der Waals surface area contributed by atoms with Gasteiger partial charge in [0.1, 0.15) is 5.60 Å². The van der Waals surface area contributed by atoms with E-state index in [1.54, 1.807) is 24.3 Å². The zero-order valence-electron chi connectivity index (χ0n) is 13.5. The second-order valence-electron chi connectivity index (χ2n) is 6.16. The Labute approximate surface area is 142 Å². The quantitative estimate of drug-likeness (QED) is 0.604. The summed E-state index contributed by atoms with van der Waals surface area (Å²) in [5.74, 6) is -0.434. The molecule has 0 heterocycles. The third kappa shape index (κ3) is 5.53. The first-order chi connectivity index (χ1) is 10.8. The van der Waals surface area contributed by atoms with Crippen LogP contribution in [-0.2, 0) is 16.1 Å². The van der Waals surface area contributed by atoms with E-state index >= 15 is 0 Å². The van der Waals surface area contributed by atoms with Gasteiger partial charge in [-0.05, 0) is 38.5 Å². The molecule has 0 spiro atoms. The van der Waals surface area contributed by atoms with E-state index in [0.29, 0.717) is 22.8 Å². The number of carbonyl (C=O) groups is 1. The zero-order chi connectivity index (χ0) is 16.9. The number of benzene rings is 2. The Morgan fingerprint density at radius 3 is 2.22 bits per heavy atom. The Morgan fingerprint density at radius 2 is 1.65 bits per heavy atom. The number of ether oxygens (including phenoxy) is 1. The van der Waals surface area contributed by atoms with Crippen LogP contribution in [0.2, 0.25) is 5.02 Å².